The van der Waals surface area contributed by atoms with Crippen molar-refractivity contribution in [1.29, 1.82) is 0 Å². The van der Waals surface area contributed by atoms with Gasteiger partial charge in [0.25, 0.3) is 0 Å². The van der Waals surface area contributed by atoms with Crippen LogP contribution in [0.25, 0.3) is 0 Å². The minimum Gasteiger partial charge on any atom is -0.206 e. The molecule has 0 spiro atoms. The molecule has 0 saturated carbocycles. The second kappa shape index (κ2) is 5.77. The molecule has 1 rings (SSSR count). The van der Waals surface area contributed by atoms with Crippen LogP contribution in [0.2, 0.25) is 0 Å². The Morgan fingerprint density at radius 1 is 1.24 bits per heavy atom. The predicted octanol–water partition coefficient (Wildman–Crippen LogP) is 5.70. The number of aryl methyl sites for hydroxylation is 1. The maximum atomic E-state index is 13.8. The fraction of sp³-hybridized carbons (Fsp3) is 0.538. The van der Waals surface area contributed by atoms with Crippen LogP contribution in [-0.2, 0) is 0 Å². The Morgan fingerprint density at radius 3 is 2.29 bits per heavy atom. The lowest BCUT2D eigenvalue weighted by molar-refractivity contribution is 0.579. The van der Waals surface area contributed by atoms with E-state index >= 15 is 0 Å². The quantitative estimate of drug-likeness (QED) is 0.628. The molecular weight excluding hydrogens is 282 g/mol. The molecule has 0 radical (unpaired) electrons. The third-order valence-electron chi connectivity index (χ3n) is 3.03. The van der Waals surface area contributed by atoms with Crippen LogP contribution in [0.15, 0.2) is 12.1 Å². The van der Waals surface area contributed by atoms with Gasteiger partial charge >= 0.3 is 0 Å². The van der Waals surface area contributed by atoms with E-state index in [2.05, 4.69) is 0 Å². The van der Waals surface area contributed by atoms with Crippen molar-refractivity contribution in [3.8, 4) is 0 Å². The minimum atomic E-state index is -1.30. The Hall–Kier alpha value is 0.0200. The van der Waals surface area contributed by atoms with Gasteiger partial charge in [0.05, 0.1) is 0 Å². The van der Waals surface area contributed by atoms with Crippen LogP contribution in [-0.4, -0.2) is 3.79 Å². The first-order valence-corrected chi connectivity index (χ1v) is 6.72. The van der Waals surface area contributed by atoms with Crippen molar-refractivity contribution in [1.82, 2.24) is 0 Å². The molecule has 4 heteroatoms. The number of benzene rings is 1. The van der Waals surface area contributed by atoms with Crippen molar-refractivity contribution in [3.05, 3.63) is 34.6 Å². The summed E-state index contributed by atoms with van der Waals surface area (Å²) in [4.78, 5) is 0. The zero-order chi connectivity index (χ0) is 13.2. The molecule has 1 atom stereocenters. The second-order valence-electron chi connectivity index (χ2n) is 4.34. The maximum absolute atomic E-state index is 13.8. The number of halogens is 4. The molecule has 0 aliphatic heterocycles. The van der Waals surface area contributed by atoms with Crippen molar-refractivity contribution >= 4 is 34.8 Å². The summed E-state index contributed by atoms with van der Waals surface area (Å²) in [5, 5.41) is 0. The summed E-state index contributed by atoms with van der Waals surface area (Å²) in [5.74, 6) is -0.0946. The predicted molar refractivity (Wildman–Crippen MR) is 73.8 cm³/mol. The molecule has 0 nitrogen and oxygen atoms in total. The molecule has 1 aromatic carbocycles. The summed E-state index contributed by atoms with van der Waals surface area (Å²) in [6.07, 6.45) is 1.22. The summed E-state index contributed by atoms with van der Waals surface area (Å²) < 4.78 is 12.5. The van der Waals surface area contributed by atoms with Crippen molar-refractivity contribution < 1.29 is 4.39 Å². The molecule has 0 aromatic heterocycles. The van der Waals surface area contributed by atoms with Crippen molar-refractivity contribution in [3.63, 3.8) is 0 Å². The van der Waals surface area contributed by atoms with Gasteiger partial charge in [-0.05, 0) is 42.9 Å². The molecule has 0 fully saturated rings. The van der Waals surface area contributed by atoms with Gasteiger partial charge in [-0.2, -0.15) is 0 Å². The lowest BCUT2D eigenvalue weighted by Crippen LogP contribution is -2.12. The maximum Gasteiger partial charge on any atom is 0.191 e. The molecule has 1 aromatic rings. The SMILES string of the molecule is CCC(CC(Cl)(Cl)Cl)c1ccc(C)c(F)c1C. The van der Waals surface area contributed by atoms with E-state index in [0.29, 0.717) is 17.5 Å². The average Bonchev–Trinajstić information content (AvgIpc) is 2.22. The number of alkyl halides is 3. The molecule has 17 heavy (non-hydrogen) atoms. The number of hydrogen-bond acceptors (Lipinski definition) is 0. The summed E-state index contributed by atoms with van der Waals surface area (Å²) >= 11 is 17.5. The van der Waals surface area contributed by atoms with Crippen LogP contribution in [0, 0.1) is 19.7 Å². The normalized spacial score (nSPS) is 13.8. The van der Waals surface area contributed by atoms with Crippen LogP contribution < -0.4 is 0 Å². The summed E-state index contributed by atoms with van der Waals surface area (Å²) in [6.45, 7) is 5.54. The van der Waals surface area contributed by atoms with Gasteiger partial charge in [0.15, 0.2) is 3.79 Å². The van der Waals surface area contributed by atoms with E-state index in [-0.39, 0.29) is 11.7 Å². The van der Waals surface area contributed by atoms with Gasteiger partial charge < -0.3 is 0 Å². The van der Waals surface area contributed by atoms with Gasteiger partial charge in [0, 0.05) is 6.42 Å². The first kappa shape index (κ1) is 15.1. The Labute approximate surface area is 117 Å². The highest BCUT2D eigenvalue weighted by atomic mass is 35.6. The zero-order valence-corrected chi connectivity index (χ0v) is 12.4. The lowest BCUT2D eigenvalue weighted by atomic mass is 9.89. The van der Waals surface area contributed by atoms with Crippen LogP contribution in [0.1, 0.15) is 42.4 Å². The first-order valence-electron chi connectivity index (χ1n) is 5.58. The van der Waals surface area contributed by atoms with E-state index in [4.69, 9.17) is 34.8 Å². The molecular formula is C13H16Cl3F. The van der Waals surface area contributed by atoms with E-state index in [1.54, 1.807) is 19.9 Å². The fourth-order valence-corrected chi connectivity index (χ4v) is 2.59. The highest BCUT2D eigenvalue weighted by Crippen LogP contribution is 2.40. The van der Waals surface area contributed by atoms with Gasteiger partial charge in [-0.3, -0.25) is 0 Å². The summed E-state index contributed by atoms with van der Waals surface area (Å²) in [7, 11) is 0. The zero-order valence-electron chi connectivity index (χ0n) is 10.2. The van der Waals surface area contributed by atoms with Crippen molar-refractivity contribution in [2.45, 2.75) is 43.3 Å². The smallest absolute Gasteiger partial charge is 0.191 e. The standard InChI is InChI=1S/C13H16Cl3F/c1-4-10(7-13(14,15)16)11-6-5-8(2)12(17)9(11)3/h5-6,10H,4,7H2,1-3H3. The van der Waals surface area contributed by atoms with Gasteiger partial charge in [-0.15, -0.1) is 0 Å². The molecule has 0 aliphatic rings. The van der Waals surface area contributed by atoms with E-state index in [9.17, 15) is 4.39 Å². The largest absolute Gasteiger partial charge is 0.206 e. The van der Waals surface area contributed by atoms with Gasteiger partial charge in [-0.1, -0.05) is 53.9 Å². The van der Waals surface area contributed by atoms with Crippen molar-refractivity contribution in [2.75, 3.05) is 0 Å². The Bertz CT molecular complexity index is 396. The van der Waals surface area contributed by atoms with Gasteiger partial charge in [0.1, 0.15) is 5.82 Å². The summed E-state index contributed by atoms with van der Waals surface area (Å²) in [6, 6.07) is 3.71. The molecule has 0 bridgehead atoms. The Morgan fingerprint density at radius 2 is 1.82 bits per heavy atom. The Balaban J connectivity index is 3.09. The monoisotopic (exact) mass is 296 g/mol. The molecule has 1 unspecified atom stereocenters. The van der Waals surface area contributed by atoms with E-state index in [0.717, 1.165) is 12.0 Å². The van der Waals surface area contributed by atoms with Gasteiger partial charge in [-0.25, -0.2) is 4.39 Å². The van der Waals surface area contributed by atoms with Crippen LogP contribution in [0.3, 0.4) is 0 Å². The third kappa shape index (κ3) is 4.01. The highest BCUT2D eigenvalue weighted by molar-refractivity contribution is 6.67. The number of rotatable bonds is 3. The van der Waals surface area contributed by atoms with E-state index in [1.165, 1.54) is 0 Å². The Kier molecular flexibility index (Phi) is 5.12. The highest BCUT2D eigenvalue weighted by Gasteiger charge is 2.27. The fourth-order valence-electron chi connectivity index (χ4n) is 2.03. The molecule has 96 valence electrons. The van der Waals surface area contributed by atoms with Crippen LogP contribution in [0.4, 0.5) is 4.39 Å². The molecule has 0 saturated heterocycles. The van der Waals surface area contributed by atoms with Crippen LogP contribution >= 0.6 is 34.8 Å². The van der Waals surface area contributed by atoms with Crippen molar-refractivity contribution in [2.24, 2.45) is 0 Å². The number of hydrogen-bond donors (Lipinski definition) is 0. The topological polar surface area (TPSA) is 0 Å². The summed E-state index contributed by atoms with van der Waals surface area (Å²) in [5.41, 5.74) is 2.24. The second-order valence-corrected chi connectivity index (χ2v) is 6.85. The minimum absolute atomic E-state index is 0.0672. The molecule has 0 amide bonds. The molecule has 0 aliphatic carbocycles. The first-order chi connectivity index (χ1) is 7.76. The van der Waals surface area contributed by atoms with Gasteiger partial charge in [0.2, 0.25) is 0 Å². The van der Waals surface area contributed by atoms with E-state index in [1.807, 2.05) is 13.0 Å². The lowest BCUT2D eigenvalue weighted by Gasteiger charge is -2.22. The van der Waals surface area contributed by atoms with Crippen LogP contribution in [0.5, 0.6) is 0 Å². The molecule has 0 N–H and O–H groups in total. The molecule has 0 heterocycles. The third-order valence-corrected chi connectivity index (χ3v) is 3.49. The van der Waals surface area contributed by atoms with E-state index < -0.39 is 3.79 Å². The average molecular weight is 298 g/mol.